The molecule has 0 bridgehead atoms. The third-order valence-electron chi connectivity index (χ3n) is 4.22. The highest BCUT2D eigenvalue weighted by Gasteiger charge is 2.36. The first-order chi connectivity index (χ1) is 10.1. The Hall–Kier alpha value is -1.76. The second kappa shape index (κ2) is 5.55. The molecule has 0 amide bonds. The van der Waals surface area contributed by atoms with Crippen molar-refractivity contribution in [2.45, 2.75) is 33.2 Å². The van der Waals surface area contributed by atoms with Crippen molar-refractivity contribution in [2.24, 2.45) is 5.92 Å². The zero-order valence-electron chi connectivity index (χ0n) is 12.6. The molecule has 0 radical (unpaired) electrons. The molecule has 3 heterocycles. The average Bonchev–Trinajstić information content (AvgIpc) is 3.14. The van der Waals surface area contributed by atoms with Gasteiger partial charge in [-0.2, -0.15) is 5.10 Å². The molecule has 21 heavy (non-hydrogen) atoms. The van der Waals surface area contributed by atoms with E-state index in [4.69, 9.17) is 4.52 Å². The van der Waals surface area contributed by atoms with Gasteiger partial charge in [-0.1, -0.05) is 5.16 Å². The number of aryl methyl sites for hydroxylation is 3. The molecule has 2 aromatic rings. The van der Waals surface area contributed by atoms with Gasteiger partial charge in [0.25, 0.3) is 0 Å². The van der Waals surface area contributed by atoms with Crippen LogP contribution in [0.4, 0.5) is 4.39 Å². The molecule has 2 aromatic heterocycles. The monoisotopic (exact) mass is 293 g/mol. The molecular weight excluding hydrogens is 273 g/mol. The Morgan fingerprint density at radius 3 is 2.71 bits per heavy atom. The lowest BCUT2D eigenvalue weighted by molar-refractivity contribution is 0.293. The number of aromatic amines is 1. The van der Waals surface area contributed by atoms with E-state index in [2.05, 4.69) is 25.2 Å². The van der Waals surface area contributed by atoms with Crippen LogP contribution < -0.4 is 0 Å². The van der Waals surface area contributed by atoms with E-state index in [1.165, 1.54) is 0 Å². The van der Waals surface area contributed by atoms with Crippen LogP contribution in [0.25, 0.3) is 0 Å². The van der Waals surface area contributed by atoms with Gasteiger partial charge in [0.15, 0.2) is 5.82 Å². The van der Waals surface area contributed by atoms with Crippen LogP contribution in [0.1, 0.15) is 34.6 Å². The van der Waals surface area contributed by atoms with Gasteiger partial charge in [-0.3, -0.25) is 14.4 Å². The number of nitrogens with zero attached hydrogens (tertiary/aromatic N) is 4. The van der Waals surface area contributed by atoms with Gasteiger partial charge in [0.05, 0.1) is 12.4 Å². The van der Waals surface area contributed by atoms with Gasteiger partial charge in [-0.15, -0.1) is 0 Å². The molecule has 2 atom stereocenters. The van der Waals surface area contributed by atoms with E-state index >= 15 is 0 Å². The summed E-state index contributed by atoms with van der Waals surface area (Å²) >= 11 is 0. The number of likely N-dealkylation sites (tertiary alicyclic amines) is 1. The minimum absolute atomic E-state index is 0.0421. The molecule has 1 fully saturated rings. The molecule has 0 aliphatic carbocycles. The van der Waals surface area contributed by atoms with Crippen LogP contribution in [0, 0.1) is 26.7 Å². The molecule has 7 heteroatoms. The quantitative estimate of drug-likeness (QED) is 0.932. The number of H-pyrrole nitrogens is 1. The summed E-state index contributed by atoms with van der Waals surface area (Å²) in [6.07, 6.45) is 0. The fraction of sp³-hybridized carbons (Fsp3) is 0.643. The number of hydrogen-bond donors (Lipinski definition) is 1. The zero-order chi connectivity index (χ0) is 15.0. The van der Waals surface area contributed by atoms with E-state index in [1.807, 2.05) is 20.8 Å². The lowest BCUT2D eigenvalue weighted by atomic mass is 9.97. The maximum atomic E-state index is 13.3. The first kappa shape index (κ1) is 14.2. The van der Waals surface area contributed by atoms with Crippen molar-refractivity contribution in [1.82, 2.24) is 25.2 Å². The molecule has 0 saturated carbocycles. The van der Waals surface area contributed by atoms with Gasteiger partial charge in [-0.05, 0) is 20.8 Å². The molecule has 1 aliphatic rings. The first-order valence-corrected chi connectivity index (χ1v) is 7.17. The highest BCUT2D eigenvalue weighted by atomic mass is 19.1. The van der Waals surface area contributed by atoms with Crippen LogP contribution in [0.15, 0.2) is 4.52 Å². The molecular formula is C14H20FN5O. The molecule has 1 aliphatic heterocycles. The maximum absolute atomic E-state index is 13.3. The number of aromatic nitrogens is 4. The van der Waals surface area contributed by atoms with E-state index in [0.717, 1.165) is 41.8 Å². The van der Waals surface area contributed by atoms with E-state index < -0.39 is 0 Å². The lowest BCUT2D eigenvalue weighted by Crippen LogP contribution is -2.21. The summed E-state index contributed by atoms with van der Waals surface area (Å²) in [4.78, 5) is 6.60. The Bertz CT molecular complexity index is 603. The Morgan fingerprint density at radius 1 is 1.33 bits per heavy atom. The number of hydrogen-bond acceptors (Lipinski definition) is 5. The number of halogens is 1. The summed E-state index contributed by atoms with van der Waals surface area (Å²) in [6.45, 7) is 7.55. The zero-order valence-corrected chi connectivity index (χ0v) is 12.6. The van der Waals surface area contributed by atoms with Crippen LogP contribution in [0.3, 0.4) is 0 Å². The summed E-state index contributed by atoms with van der Waals surface area (Å²) < 4.78 is 18.5. The summed E-state index contributed by atoms with van der Waals surface area (Å²) in [5.74, 6) is 2.31. The van der Waals surface area contributed by atoms with Crippen molar-refractivity contribution < 1.29 is 8.91 Å². The number of nitrogens with one attached hydrogen (secondary N) is 1. The number of alkyl halides is 1. The minimum atomic E-state index is -0.351. The standard InChI is InChI=1S/C14H20FN5O/c1-8-12(9(2)21-19-8)6-20-5-11(4-15)13(7-20)14-16-10(3)17-18-14/h11,13H,4-7H2,1-3H3,(H,16,17,18)/t11-,13-/m1/s1. The predicted molar refractivity (Wildman–Crippen MR) is 74.6 cm³/mol. The topological polar surface area (TPSA) is 70.8 Å². The van der Waals surface area contributed by atoms with Gasteiger partial charge >= 0.3 is 0 Å². The predicted octanol–water partition coefficient (Wildman–Crippen LogP) is 1.90. The summed E-state index contributed by atoms with van der Waals surface area (Å²) in [7, 11) is 0. The van der Waals surface area contributed by atoms with E-state index in [-0.39, 0.29) is 18.5 Å². The Morgan fingerprint density at radius 2 is 2.14 bits per heavy atom. The van der Waals surface area contributed by atoms with Gasteiger partial charge in [0.1, 0.15) is 11.6 Å². The first-order valence-electron chi connectivity index (χ1n) is 7.17. The molecule has 0 spiro atoms. The van der Waals surface area contributed by atoms with E-state index in [9.17, 15) is 4.39 Å². The van der Waals surface area contributed by atoms with Gasteiger partial charge in [-0.25, -0.2) is 4.98 Å². The van der Waals surface area contributed by atoms with E-state index in [1.54, 1.807) is 0 Å². The van der Waals surface area contributed by atoms with E-state index in [0.29, 0.717) is 6.54 Å². The van der Waals surface area contributed by atoms with Gasteiger partial charge in [0, 0.05) is 37.0 Å². The van der Waals surface area contributed by atoms with Crippen LogP contribution in [0.2, 0.25) is 0 Å². The molecule has 6 nitrogen and oxygen atoms in total. The third-order valence-corrected chi connectivity index (χ3v) is 4.22. The Labute approximate surface area is 122 Å². The molecule has 0 aromatic carbocycles. The average molecular weight is 293 g/mol. The highest BCUT2D eigenvalue weighted by Crippen LogP contribution is 2.32. The summed E-state index contributed by atoms with van der Waals surface area (Å²) in [5.41, 5.74) is 2.00. The van der Waals surface area contributed by atoms with Crippen LogP contribution in [0.5, 0.6) is 0 Å². The SMILES string of the molecule is Cc1nc([C@@H]2CN(Cc3c(C)noc3C)C[C@H]2CF)n[nH]1. The summed E-state index contributed by atoms with van der Waals surface area (Å²) in [5, 5.41) is 11.0. The molecule has 0 unspecified atom stereocenters. The second-order valence-corrected chi connectivity index (χ2v) is 5.80. The molecule has 1 saturated heterocycles. The maximum Gasteiger partial charge on any atom is 0.155 e. The van der Waals surface area contributed by atoms with Gasteiger partial charge < -0.3 is 4.52 Å². The van der Waals surface area contributed by atoms with Crippen molar-refractivity contribution in [2.75, 3.05) is 19.8 Å². The fourth-order valence-corrected chi connectivity index (χ4v) is 3.02. The molecule has 114 valence electrons. The summed E-state index contributed by atoms with van der Waals surface area (Å²) in [6, 6.07) is 0. The van der Waals surface area contributed by atoms with Crippen molar-refractivity contribution in [1.29, 1.82) is 0 Å². The van der Waals surface area contributed by atoms with Crippen molar-refractivity contribution in [3.05, 3.63) is 28.7 Å². The third kappa shape index (κ3) is 2.70. The highest BCUT2D eigenvalue weighted by molar-refractivity contribution is 5.21. The molecule has 3 rings (SSSR count). The molecule has 1 N–H and O–H groups in total. The number of rotatable bonds is 4. The van der Waals surface area contributed by atoms with Gasteiger partial charge in [0.2, 0.25) is 0 Å². The van der Waals surface area contributed by atoms with Crippen molar-refractivity contribution >= 4 is 0 Å². The fourth-order valence-electron chi connectivity index (χ4n) is 3.02. The Kier molecular flexibility index (Phi) is 3.75. The second-order valence-electron chi connectivity index (χ2n) is 5.80. The normalized spacial score (nSPS) is 23.0. The van der Waals surface area contributed by atoms with Crippen molar-refractivity contribution in [3.8, 4) is 0 Å². The largest absolute Gasteiger partial charge is 0.361 e. The Balaban J connectivity index is 1.75. The lowest BCUT2D eigenvalue weighted by Gasteiger charge is -2.14. The van der Waals surface area contributed by atoms with Crippen LogP contribution in [-0.4, -0.2) is 45.0 Å². The van der Waals surface area contributed by atoms with Crippen LogP contribution in [-0.2, 0) is 6.54 Å². The van der Waals surface area contributed by atoms with Crippen LogP contribution >= 0.6 is 0 Å². The smallest absolute Gasteiger partial charge is 0.155 e. The van der Waals surface area contributed by atoms with Crippen molar-refractivity contribution in [3.63, 3.8) is 0 Å². The minimum Gasteiger partial charge on any atom is -0.361 e.